The fourth-order valence-electron chi connectivity index (χ4n) is 3.19. The Labute approximate surface area is 167 Å². The number of aromatic nitrogens is 4. The average Bonchev–Trinajstić information content (AvgIpc) is 3.16. The van der Waals surface area contributed by atoms with Crippen molar-refractivity contribution < 1.29 is 4.74 Å². The molecular weight excluding hydrogens is 366 g/mol. The van der Waals surface area contributed by atoms with E-state index in [-0.39, 0.29) is 11.5 Å². The lowest BCUT2D eigenvalue weighted by atomic mass is 9.99. The van der Waals surface area contributed by atoms with Crippen molar-refractivity contribution in [1.29, 1.82) is 5.26 Å². The number of aromatic amines is 1. The van der Waals surface area contributed by atoms with Crippen molar-refractivity contribution in [3.05, 3.63) is 81.9 Å². The number of H-pyrrole nitrogens is 1. The summed E-state index contributed by atoms with van der Waals surface area (Å²) in [4.78, 5) is 21.9. The summed E-state index contributed by atoms with van der Waals surface area (Å²) in [6.07, 6.45) is 3.12. The number of hydrogen-bond donors (Lipinski definition) is 1. The van der Waals surface area contributed by atoms with Crippen molar-refractivity contribution in [2.24, 2.45) is 0 Å². The third kappa shape index (κ3) is 3.48. The molecule has 7 nitrogen and oxygen atoms in total. The molecule has 144 valence electrons. The lowest BCUT2D eigenvalue weighted by Gasteiger charge is -2.12. The Bertz CT molecular complexity index is 1250. The van der Waals surface area contributed by atoms with Crippen LogP contribution in [-0.4, -0.2) is 19.6 Å². The zero-order valence-corrected chi connectivity index (χ0v) is 16.1. The second-order valence-corrected chi connectivity index (χ2v) is 6.95. The second-order valence-electron chi connectivity index (χ2n) is 6.95. The topological polar surface area (TPSA) is 96.1 Å². The average molecular weight is 385 g/mol. The van der Waals surface area contributed by atoms with Gasteiger partial charge in [0.25, 0.3) is 5.56 Å². The quantitative estimate of drug-likeness (QED) is 0.566. The van der Waals surface area contributed by atoms with Gasteiger partial charge >= 0.3 is 0 Å². The van der Waals surface area contributed by atoms with Gasteiger partial charge in [0.2, 0.25) is 5.88 Å². The van der Waals surface area contributed by atoms with Crippen LogP contribution in [0.4, 0.5) is 0 Å². The van der Waals surface area contributed by atoms with Crippen LogP contribution in [0.2, 0.25) is 0 Å². The maximum Gasteiger partial charge on any atom is 0.276 e. The van der Waals surface area contributed by atoms with Crippen LogP contribution in [0, 0.1) is 11.3 Å². The van der Waals surface area contributed by atoms with Gasteiger partial charge in [0, 0.05) is 29.6 Å². The van der Waals surface area contributed by atoms with Gasteiger partial charge in [-0.3, -0.25) is 9.89 Å². The van der Waals surface area contributed by atoms with Crippen molar-refractivity contribution in [2.45, 2.75) is 26.4 Å². The number of ether oxygens (including phenoxy) is 1. The van der Waals surface area contributed by atoms with Crippen molar-refractivity contribution in [1.82, 2.24) is 19.6 Å². The van der Waals surface area contributed by atoms with E-state index in [9.17, 15) is 10.1 Å². The third-order valence-corrected chi connectivity index (χ3v) is 4.63. The van der Waals surface area contributed by atoms with Crippen LogP contribution in [-0.2, 0) is 6.61 Å². The highest BCUT2D eigenvalue weighted by molar-refractivity contribution is 5.67. The molecule has 1 aromatic carbocycles. The Hall–Kier alpha value is -3.92. The SMILES string of the molecule is CC(C)c1c(-c2ccc(OCc3ccccc3)nc2)nc2c(C#N)c[nH]n2c1=O. The van der Waals surface area contributed by atoms with Crippen LogP contribution in [0.5, 0.6) is 5.88 Å². The minimum absolute atomic E-state index is 0.0512. The van der Waals surface area contributed by atoms with E-state index in [0.29, 0.717) is 40.5 Å². The van der Waals surface area contributed by atoms with E-state index in [1.54, 1.807) is 12.3 Å². The van der Waals surface area contributed by atoms with Gasteiger partial charge in [0.1, 0.15) is 18.2 Å². The van der Waals surface area contributed by atoms with Crippen molar-refractivity contribution in [3.63, 3.8) is 0 Å². The summed E-state index contributed by atoms with van der Waals surface area (Å²) < 4.78 is 7.04. The number of hydrogen-bond acceptors (Lipinski definition) is 5. The highest BCUT2D eigenvalue weighted by atomic mass is 16.5. The van der Waals surface area contributed by atoms with Gasteiger partial charge < -0.3 is 4.74 Å². The van der Waals surface area contributed by atoms with Crippen molar-refractivity contribution >= 4 is 5.65 Å². The maximum absolute atomic E-state index is 13.0. The molecule has 4 aromatic rings. The molecular formula is C22H19N5O2. The van der Waals surface area contributed by atoms with E-state index in [1.165, 1.54) is 10.7 Å². The van der Waals surface area contributed by atoms with E-state index in [1.807, 2.05) is 50.2 Å². The van der Waals surface area contributed by atoms with Gasteiger partial charge in [-0.25, -0.2) is 14.5 Å². The van der Waals surface area contributed by atoms with Crippen molar-refractivity contribution in [2.75, 3.05) is 0 Å². The third-order valence-electron chi connectivity index (χ3n) is 4.63. The molecule has 29 heavy (non-hydrogen) atoms. The Balaban J connectivity index is 1.71. The van der Waals surface area contributed by atoms with Gasteiger partial charge in [0.05, 0.1) is 5.69 Å². The highest BCUT2D eigenvalue weighted by Gasteiger charge is 2.20. The first-order valence-electron chi connectivity index (χ1n) is 9.25. The Morgan fingerprint density at radius 2 is 2.00 bits per heavy atom. The minimum Gasteiger partial charge on any atom is -0.473 e. The summed E-state index contributed by atoms with van der Waals surface area (Å²) in [5, 5.41) is 12.1. The fourth-order valence-corrected chi connectivity index (χ4v) is 3.19. The molecule has 7 heteroatoms. The number of fused-ring (bicyclic) bond motifs is 1. The molecule has 3 aromatic heterocycles. The number of benzene rings is 1. The molecule has 1 N–H and O–H groups in total. The number of nitriles is 1. The summed E-state index contributed by atoms with van der Waals surface area (Å²) in [6, 6.07) is 15.5. The number of nitrogens with one attached hydrogen (secondary N) is 1. The molecule has 0 saturated heterocycles. The summed E-state index contributed by atoms with van der Waals surface area (Å²) in [6.45, 7) is 4.30. The number of rotatable bonds is 5. The maximum atomic E-state index is 13.0. The van der Waals surface area contributed by atoms with Crippen LogP contribution in [0.3, 0.4) is 0 Å². The zero-order valence-electron chi connectivity index (χ0n) is 16.1. The highest BCUT2D eigenvalue weighted by Crippen LogP contribution is 2.26. The standard InChI is InChI=1S/C22H19N5O2/c1-14(2)19-20(26-21-17(10-23)12-25-27(21)22(19)28)16-8-9-18(24-11-16)29-13-15-6-4-3-5-7-15/h3-9,11-12,14,25H,13H2,1-2H3. The molecule has 3 heterocycles. The van der Waals surface area contributed by atoms with E-state index >= 15 is 0 Å². The first kappa shape index (κ1) is 18.4. The molecule has 0 aliphatic rings. The van der Waals surface area contributed by atoms with Gasteiger partial charge in [0.15, 0.2) is 5.65 Å². The van der Waals surface area contributed by atoms with Crippen molar-refractivity contribution in [3.8, 4) is 23.2 Å². The second kappa shape index (κ2) is 7.60. The molecule has 4 rings (SSSR count). The predicted molar refractivity (Wildman–Crippen MR) is 109 cm³/mol. The Kier molecular flexibility index (Phi) is 4.83. The monoisotopic (exact) mass is 385 g/mol. The molecule has 0 spiro atoms. The predicted octanol–water partition coefficient (Wildman–Crippen LogP) is 3.66. The number of nitrogens with zero attached hydrogens (tertiary/aromatic N) is 4. The van der Waals surface area contributed by atoms with Crippen LogP contribution < -0.4 is 10.3 Å². The Morgan fingerprint density at radius 1 is 1.21 bits per heavy atom. The summed E-state index contributed by atoms with van der Waals surface area (Å²) in [5.74, 6) is 0.436. The van der Waals surface area contributed by atoms with Gasteiger partial charge in [-0.2, -0.15) is 5.26 Å². The van der Waals surface area contributed by atoms with E-state index < -0.39 is 0 Å². The summed E-state index contributed by atoms with van der Waals surface area (Å²) in [7, 11) is 0. The van der Waals surface area contributed by atoms with Crippen LogP contribution in [0.1, 0.15) is 36.5 Å². The molecule has 0 amide bonds. The lowest BCUT2D eigenvalue weighted by molar-refractivity contribution is 0.294. The van der Waals surface area contributed by atoms with Crippen LogP contribution >= 0.6 is 0 Å². The first-order chi connectivity index (χ1) is 14.1. The molecule has 0 radical (unpaired) electrons. The Morgan fingerprint density at radius 3 is 2.66 bits per heavy atom. The van der Waals surface area contributed by atoms with Gasteiger partial charge in [-0.15, -0.1) is 0 Å². The summed E-state index contributed by atoms with van der Waals surface area (Å²) >= 11 is 0. The molecule has 0 atom stereocenters. The lowest BCUT2D eigenvalue weighted by Crippen LogP contribution is -2.22. The number of pyridine rings is 1. The molecule has 0 fully saturated rings. The molecule has 0 aliphatic carbocycles. The van der Waals surface area contributed by atoms with E-state index in [0.717, 1.165) is 5.56 Å². The normalized spacial score (nSPS) is 11.0. The van der Waals surface area contributed by atoms with E-state index in [4.69, 9.17) is 4.74 Å². The van der Waals surface area contributed by atoms with Crippen LogP contribution in [0.25, 0.3) is 16.9 Å². The van der Waals surface area contributed by atoms with Crippen LogP contribution in [0.15, 0.2) is 59.7 Å². The zero-order chi connectivity index (χ0) is 20.4. The smallest absolute Gasteiger partial charge is 0.276 e. The summed E-state index contributed by atoms with van der Waals surface area (Å²) in [5.41, 5.74) is 3.25. The molecule has 0 unspecified atom stereocenters. The first-order valence-corrected chi connectivity index (χ1v) is 9.25. The molecule has 0 aliphatic heterocycles. The fraction of sp³-hybridized carbons (Fsp3) is 0.182. The van der Waals surface area contributed by atoms with E-state index in [2.05, 4.69) is 21.1 Å². The largest absolute Gasteiger partial charge is 0.473 e. The van der Waals surface area contributed by atoms with Gasteiger partial charge in [-0.05, 0) is 17.5 Å². The van der Waals surface area contributed by atoms with Gasteiger partial charge in [-0.1, -0.05) is 44.2 Å². The molecule has 0 bridgehead atoms. The minimum atomic E-state index is -0.217. The molecule has 0 saturated carbocycles.